The molecule has 7 nitrogen and oxygen atoms in total. The molecular weight excluding hydrogens is 402 g/mol. The van der Waals surface area contributed by atoms with E-state index in [1.807, 2.05) is 36.4 Å². The van der Waals surface area contributed by atoms with Crippen molar-refractivity contribution in [3.8, 4) is 16.9 Å². The zero-order valence-electron chi connectivity index (χ0n) is 19.1. The standard InChI is InChI=1S/C25H29N5O2/c1-5-28(6-2)20-11-9-18(10-12-20)22-17-30(27-26-22)23-16-19-15-21(29(7-3)8-4)13-14-24(19)32-25(23)31/h9-17H,5-8H2,1-4H3. The summed E-state index contributed by atoms with van der Waals surface area (Å²) >= 11 is 0. The van der Waals surface area contributed by atoms with Crippen molar-refractivity contribution in [1.82, 2.24) is 15.0 Å². The van der Waals surface area contributed by atoms with Gasteiger partial charge in [-0.2, -0.15) is 0 Å². The highest BCUT2D eigenvalue weighted by atomic mass is 16.4. The second-order valence-electron chi connectivity index (χ2n) is 7.58. The first kappa shape index (κ1) is 21.6. The number of rotatable bonds is 8. The Hall–Kier alpha value is -3.61. The topological polar surface area (TPSA) is 67.4 Å². The van der Waals surface area contributed by atoms with E-state index < -0.39 is 5.63 Å². The third kappa shape index (κ3) is 4.10. The van der Waals surface area contributed by atoms with E-state index in [-0.39, 0.29) is 0 Å². The molecule has 0 amide bonds. The molecule has 0 aliphatic rings. The highest BCUT2D eigenvalue weighted by Crippen LogP contribution is 2.24. The molecule has 0 spiro atoms. The number of hydrogen-bond acceptors (Lipinski definition) is 6. The molecule has 4 aromatic rings. The molecule has 7 heteroatoms. The van der Waals surface area contributed by atoms with Crippen molar-refractivity contribution in [2.24, 2.45) is 0 Å². The zero-order chi connectivity index (χ0) is 22.7. The molecule has 166 valence electrons. The van der Waals surface area contributed by atoms with E-state index in [1.54, 1.807) is 6.20 Å². The van der Waals surface area contributed by atoms with Gasteiger partial charge in [0.2, 0.25) is 0 Å². The number of hydrogen-bond donors (Lipinski definition) is 0. The minimum absolute atomic E-state index is 0.340. The summed E-state index contributed by atoms with van der Waals surface area (Å²) in [6.07, 6.45) is 1.76. The fourth-order valence-electron chi connectivity index (χ4n) is 3.99. The number of aromatic nitrogens is 3. The van der Waals surface area contributed by atoms with E-state index in [2.05, 4.69) is 59.9 Å². The van der Waals surface area contributed by atoms with Crippen molar-refractivity contribution >= 4 is 22.3 Å². The van der Waals surface area contributed by atoms with Crippen LogP contribution < -0.4 is 15.4 Å². The summed E-state index contributed by atoms with van der Waals surface area (Å²) < 4.78 is 7.05. The Morgan fingerprint density at radius 3 is 2.12 bits per heavy atom. The fourth-order valence-corrected chi connectivity index (χ4v) is 3.99. The number of nitrogens with zero attached hydrogens (tertiary/aromatic N) is 5. The van der Waals surface area contributed by atoms with Crippen LogP contribution in [-0.2, 0) is 0 Å². The van der Waals surface area contributed by atoms with Gasteiger partial charge in [0, 0.05) is 48.5 Å². The minimum atomic E-state index is -0.443. The van der Waals surface area contributed by atoms with Crippen LogP contribution in [0.25, 0.3) is 27.9 Å². The normalized spacial score (nSPS) is 11.1. The summed E-state index contributed by atoms with van der Waals surface area (Å²) in [5.41, 5.74) is 4.37. The highest BCUT2D eigenvalue weighted by Gasteiger charge is 2.13. The average Bonchev–Trinajstić information content (AvgIpc) is 3.31. The summed E-state index contributed by atoms with van der Waals surface area (Å²) in [5.74, 6) is 0. The van der Waals surface area contributed by atoms with Gasteiger partial charge in [-0.05, 0) is 64.1 Å². The molecule has 2 aromatic heterocycles. The SMILES string of the molecule is CCN(CC)c1ccc(-c2cn(-c3cc4cc(N(CC)CC)ccc4oc3=O)nn2)cc1. The summed E-state index contributed by atoms with van der Waals surface area (Å²) in [5, 5.41) is 9.33. The van der Waals surface area contributed by atoms with Gasteiger partial charge in [0.15, 0.2) is 5.69 Å². The van der Waals surface area contributed by atoms with E-state index in [0.717, 1.165) is 42.8 Å². The summed E-state index contributed by atoms with van der Waals surface area (Å²) in [6, 6.07) is 15.9. The van der Waals surface area contributed by atoms with Crippen LogP contribution in [0, 0.1) is 0 Å². The Morgan fingerprint density at radius 1 is 0.844 bits per heavy atom. The maximum Gasteiger partial charge on any atom is 0.362 e. The molecule has 0 aliphatic carbocycles. The van der Waals surface area contributed by atoms with Gasteiger partial charge in [0.1, 0.15) is 11.3 Å². The monoisotopic (exact) mass is 431 g/mol. The minimum Gasteiger partial charge on any atom is -0.421 e. The van der Waals surface area contributed by atoms with Gasteiger partial charge in [-0.1, -0.05) is 17.3 Å². The van der Waals surface area contributed by atoms with E-state index in [1.165, 1.54) is 10.4 Å². The lowest BCUT2D eigenvalue weighted by atomic mass is 10.1. The third-order valence-electron chi connectivity index (χ3n) is 5.86. The van der Waals surface area contributed by atoms with Crippen molar-refractivity contribution in [2.75, 3.05) is 36.0 Å². The van der Waals surface area contributed by atoms with Crippen LogP contribution in [0.3, 0.4) is 0 Å². The van der Waals surface area contributed by atoms with Crippen LogP contribution in [0.4, 0.5) is 11.4 Å². The molecule has 0 radical (unpaired) electrons. The zero-order valence-corrected chi connectivity index (χ0v) is 19.1. The van der Waals surface area contributed by atoms with Crippen molar-refractivity contribution in [1.29, 1.82) is 0 Å². The molecule has 2 aromatic carbocycles. The van der Waals surface area contributed by atoms with Gasteiger partial charge in [0.05, 0.1) is 6.20 Å². The van der Waals surface area contributed by atoms with Crippen LogP contribution in [0.15, 0.2) is 63.9 Å². The predicted octanol–water partition coefficient (Wildman–Crippen LogP) is 4.73. The number of benzene rings is 2. The van der Waals surface area contributed by atoms with E-state index in [4.69, 9.17) is 4.42 Å². The van der Waals surface area contributed by atoms with Crippen LogP contribution >= 0.6 is 0 Å². The lowest BCUT2D eigenvalue weighted by Gasteiger charge is -2.21. The van der Waals surface area contributed by atoms with Crippen molar-refractivity contribution < 1.29 is 4.42 Å². The highest BCUT2D eigenvalue weighted by molar-refractivity contribution is 5.82. The molecule has 0 N–H and O–H groups in total. The van der Waals surface area contributed by atoms with Gasteiger partial charge in [-0.25, -0.2) is 9.48 Å². The fraction of sp³-hybridized carbons (Fsp3) is 0.320. The first-order valence-corrected chi connectivity index (χ1v) is 11.2. The van der Waals surface area contributed by atoms with E-state index in [9.17, 15) is 4.79 Å². The lowest BCUT2D eigenvalue weighted by Crippen LogP contribution is -2.21. The van der Waals surface area contributed by atoms with Crippen molar-refractivity contribution in [3.63, 3.8) is 0 Å². The van der Waals surface area contributed by atoms with Crippen LogP contribution in [-0.4, -0.2) is 41.2 Å². The Kier molecular flexibility index (Phi) is 6.25. The largest absolute Gasteiger partial charge is 0.421 e. The molecule has 0 atom stereocenters. The van der Waals surface area contributed by atoms with Crippen LogP contribution in [0.2, 0.25) is 0 Å². The summed E-state index contributed by atoms with van der Waals surface area (Å²) in [7, 11) is 0. The molecule has 0 unspecified atom stereocenters. The Balaban J connectivity index is 1.68. The van der Waals surface area contributed by atoms with Crippen molar-refractivity contribution in [3.05, 3.63) is 65.1 Å². The molecule has 0 saturated heterocycles. The van der Waals surface area contributed by atoms with Gasteiger partial charge in [-0.3, -0.25) is 0 Å². The van der Waals surface area contributed by atoms with Crippen LogP contribution in [0.1, 0.15) is 27.7 Å². The molecule has 0 fully saturated rings. The quantitative estimate of drug-likeness (QED) is 0.376. The van der Waals surface area contributed by atoms with Gasteiger partial charge < -0.3 is 14.2 Å². The molecule has 0 saturated carbocycles. The number of fused-ring (bicyclic) bond motifs is 1. The smallest absolute Gasteiger partial charge is 0.362 e. The molecule has 2 heterocycles. The van der Waals surface area contributed by atoms with E-state index in [0.29, 0.717) is 17.0 Å². The predicted molar refractivity (Wildman–Crippen MR) is 130 cm³/mol. The Bertz CT molecular complexity index is 1250. The molecule has 0 aliphatic heterocycles. The van der Waals surface area contributed by atoms with Crippen molar-refractivity contribution in [2.45, 2.75) is 27.7 Å². The second kappa shape index (κ2) is 9.26. The maximum absolute atomic E-state index is 12.6. The van der Waals surface area contributed by atoms with Gasteiger partial charge in [-0.15, -0.1) is 5.10 Å². The average molecular weight is 432 g/mol. The number of anilines is 2. The summed E-state index contributed by atoms with van der Waals surface area (Å²) in [6.45, 7) is 12.3. The van der Waals surface area contributed by atoms with Gasteiger partial charge in [0.25, 0.3) is 0 Å². The van der Waals surface area contributed by atoms with Gasteiger partial charge >= 0.3 is 5.63 Å². The van der Waals surface area contributed by atoms with Crippen LogP contribution in [0.5, 0.6) is 0 Å². The first-order valence-electron chi connectivity index (χ1n) is 11.2. The molecule has 32 heavy (non-hydrogen) atoms. The maximum atomic E-state index is 12.6. The summed E-state index contributed by atoms with van der Waals surface area (Å²) in [4.78, 5) is 17.2. The first-order chi connectivity index (χ1) is 15.6. The second-order valence-corrected chi connectivity index (χ2v) is 7.58. The molecular formula is C25H29N5O2. The van der Waals surface area contributed by atoms with E-state index >= 15 is 0 Å². The molecule has 4 rings (SSSR count). The Morgan fingerprint density at radius 2 is 1.47 bits per heavy atom. The molecule has 0 bridgehead atoms. The third-order valence-corrected chi connectivity index (χ3v) is 5.86. The Labute approximate surface area is 187 Å². The lowest BCUT2D eigenvalue weighted by molar-refractivity contribution is 0.550.